The number of carbonyl (C=O) groups excluding carboxylic acids is 1. The molecule has 1 aromatic rings. The maximum atomic E-state index is 12.7. The van der Waals surface area contributed by atoms with E-state index in [0.717, 1.165) is 31.7 Å². The van der Waals surface area contributed by atoms with Crippen molar-refractivity contribution in [1.82, 2.24) is 4.90 Å². The van der Waals surface area contributed by atoms with Crippen LogP contribution in [0.2, 0.25) is 0 Å². The van der Waals surface area contributed by atoms with Gasteiger partial charge in [0.05, 0.1) is 0 Å². The maximum Gasteiger partial charge on any atom is 0.174 e. The smallest absolute Gasteiger partial charge is 0.174 e. The third-order valence-electron chi connectivity index (χ3n) is 7.94. The monoisotopic (exact) mass is 339 g/mol. The van der Waals surface area contributed by atoms with Gasteiger partial charge < -0.3 is 9.84 Å². The Hall–Kier alpha value is -1.55. The second kappa shape index (κ2) is 4.79. The standard InChI is InChI=1S/C21H25NO3/c23-16-6-4-13-10-15-14-5-7-17(24)20-21(14,18(13)19(16)25-20)8-9-22(15)11-12-2-1-3-12/h4,6,12,14-15,20,23H,1-3,5,7-11H2/t14-,15+,20-,21-/m0/s1. The Morgan fingerprint density at radius 2 is 2.16 bits per heavy atom. The Morgan fingerprint density at radius 3 is 2.96 bits per heavy atom. The first-order valence-electron chi connectivity index (χ1n) is 9.97. The number of benzene rings is 1. The molecule has 2 bridgehead atoms. The van der Waals surface area contributed by atoms with Crippen LogP contribution in [0.3, 0.4) is 0 Å². The maximum absolute atomic E-state index is 12.7. The van der Waals surface area contributed by atoms with Gasteiger partial charge in [-0.25, -0.2) is 0 Å². The molecule has 1 spiro atoms. The van der Waals surface area contributed by atoms with Crippen LogP contribution < -0.4 is 4.74 Å². The summed E-state index contributed by atoms with van der Waals surface area (Å²) in [5.41, 5.74) is 2.33. The Kier molecular flexibility index (Phi) is 2.80. The summed E-state index contributed by atoms with van der Waals surface area (Å²) in [5.74, 6) is 2.45. The van der Waals surface area contributed by atoms with Gasteiger partial charge in [0.15, 0.2) is 23.4 Å². The third kappa shape index (κ3) is 1.69. The second-order valence-corrected chi connectivity index (χ2v) is 8.91. The minimum absolute atomic E-state index is 0.169. The van der Waals surface area contributed by atoms with E-state index in [1.807, 2.05) is 0 Å². The molecule has 1 N–H and O–H groups in total. The van der Waals surface area contributed by atoms with Gasteiger partial charge in [0.25, 0.3) is 0 Å². The lowest BCUT2D eigenvalue weighted by Gasteiger charge is -2.58. The van der Waals surface area contributed by atoms with Crippen LogP contribution in [-0.2, 0) is 16.6 Å². The predicted molar refractivity (Wildman–Crippen MR) is 93.0 cm³/mol. The van der Waals surface area contributed by atoms with Crippen molar-refractivity contribution in [2.45, 2.75) is 62.5 Å². The lowest BCUT2D eigenvalue weighted by atomic mass is 9.51. The van der Waals surface area contributed by atoms with Crippen molar-refractivity contribution in [1.29, 1.82) is 0 Å². The number of Topliss-reactive ketones (excluding diaryl/α,β-unsaturated/α-hetero) is 1. The number of aromatic hydroxyl groups is 1. The number of likely N-dealkylation sites (tertiary alicyclic amines) is 1. The summed E-state index contributed by atoms with van der Waals surface area (Å²) in [7, 11) is 0. The van der Waals surface area contributed by atoms with E-state index in [1.54, 1.807) is 6.07 Å². The SMILES string of the molecule is O=C1CC[C@H]2[C@H]3Cc4ccc(O)c5c4[C@@]2(CCN3CC2CCC2)[C@H]1O5. The summed E-state index contributed by atoms with van der Waals surface area (Å²) in [6.45, 7) is 2.30. The lowest BCUT2D eigenvalue weighted by molar-refractivity contribution is -0.139. The van der Waals surface area contributed by atoms with Gasteiger partial charge in [-0.1, -0.05) is 12.5 Å². The van der Waals surface area contributed by atoms with E-state index in [2.05, 4.69) is 11.0 Å². The molecule has 0 unspecified atom stereocenters. The molecule has 4 nitrogen and oxygen atoms in total. The first-order valence-corrected chi connectivity index (χ1v) is 9.97. The van der Waals surface area contributed by atoms with Crippen LogP contribution in [0.5, 0.6) is 11.5 Å². The number of hydrogen-bond acceptors (Lipinski definition) is 4. The van der Waals surface area contributed by atoms with Crippen LogP contribution in [0.4, 0.5) is 0 Å². The molecule has 3 fully saturated rings. The summed E-state index contributed by atoms with van der Waals surface area (Å²) in [4.78, 5) is 15.5. The lowest BCUT2D eigenvalue weighted by Crippen LogP contribution is -2.66. The average molecular weight is 339 g/mol. The largest absolute Gasteiger partial charge is 0.504 e. The Balaban J connectivity index is 1.49. The fourth-order valence-corrected chi connectivity index (χ4v) is 6.64. The number of hydrogen-bond donors (Lipinski definition) is 1. The van der Waals surface area contributed by atoms with Crippen molar-refractivity contribution in [2.75, 3.05) is 13.1 Å². The highest BCUT2D eigenvalue weighted by Crippen LogP contribution is 2.63. The van der Waals surface area contributed by atoms with Crippen molar-refractivity contribution in [3.63, 3.8) is 0 Å². The summed E-state index contributed by atoms with van der Waals surface area (Å²) < 4.78 is 6.15. The molecule has 1 aromatic carbocycles. The summed E-state index contributed by atoms with van der Waals surface area (Å²) in [6.07, 6.45) is 7.48. The molecule has 2 aliphatic heterocycles. The zero-order valence-electron chi connectivity index (χ0n) is 14.5. The number of ketones is 1. The van der Waals surface area contributed by atoms with Crippen molar-refractivity contribution in [2.24, 2.45) is 11.8 Å². The third-order valence-corrected chi connectivity index (χ3v) is 7.94. The van der Waals surface area contributed by atoms with E-state index in [-0.39, 0.29) is 23.1 Å². The van der Waals surface area contributed by atoms with Gasteiger partial charge in [0.2, 0.25) is 0 Å². The molecule has 4 heteroatoms. The van der Waals surface area contributed by atoms with E-state index < -0.39 is 0 Å². The van der Waals surface area contributed by atoms with Gasteiger partial charge in [-0.15, -0.1) is 0 Å². The van der Waals surface area contributed by atoms with E-state index in [4.69, 9.17) is 4.74 Å². The molecule has 6 rings (SSSR count). The molecule has 0 amide bonds. The summed E-state index contributed by atoms with van der Waals surface area (Å²) >= 11 is 0. The molecular weight excluding hydrogens is 314 g/mol. The molecular formula is C21H25NO3. The number of carbonyl (C=O) groups is 1. The molecule has 3 aliphatic carbocycles. The number of piperidine rings is 1. The Bertz CT molecular complexity index is 771. The quantitative estimate of drug-likeness (QED) is 0.900. The van der Waals surface area contributed by atoms with E-state index in [0.29, 0.717) is 24.1 Å². The van der Waals surface area contributed by atoms with Gasteiger partial charge >= 0.3 is 0 Å². The first-order chi connectivity index (χ1) is 12.2. The van der Waals surface area contributed by atoms with Crippen molar-refractivity contribution in [3.05, 3.63) is 23.3 Å². The van der Waals surface area contributed by atoms with E-state index in [1.165, 1.54) is 36.9 Å². The molecule has 1 saturated heterocycles. The van der Waals surface area contributed by atoms with Gasteiger partial charge in [-0.2, -0.15) is 0 Å². The molecule has 2 saturated carbocycles. The zero-order valence-corrected chi connectivity index (χ0v) is 14.5. The van der Waals surface area contributed by atoms with Crippen LogP contribution in [-0.4, -0.2) is 41.0 Å². The summed E-state index contributed by atoms with van der Waals surface area (Å²) in [6, 6.07) is 4.38. The zero-order chi connectivity index (χ0) is 16.8. The fraction of sp³-hybridized carbons (Fsp3) is 0.667. The number of rotatable bonds is 2. The second-order valence-electron chi connectivity index (χ2n) is 8.91. The molecule has 4 atom stereocenters. The number of ether oxygens (including phenoxy) is 1. The minimum atomic E-state index is -0.359. The fourth-order valence-electron chi connectivity index (χ4n) is 6.64. The van der Waals surface area contributed by atoms with E-state index >= 15 is 0 Å². The van der Waals surface area contributed by atoms with Gasteiger partial charge in [0, 0.05) is 30.0 Å². The van der Waals surface area contributed by atoms with Gasteiger partial charge in [-0.05, 0) is 62.1 Å². The van der Waals surface area contributed by atoms with E-state index in [9.17, 15) is 9.90 Å². The van der Waals surface area contributed by atoms with Crippen LogP contribution in [0.1, 0.15) is 49.7 Å². The topological polar surface area (TPSA) is 49.8 Å². The number of phenolic OH excluding ortho intramolecular Hbond substituents is 1. The van der Waals surface area contributed by atoms with Crippen molar-refractivity contribution >= 4 is 5.78 Å². The van der Waals surface area contributed by atoms with Crippen LogP contribution in [0.15, 0.2) is 12.1 Å². The number of nitrogens with zero attached hydrogens (tertiary/aromatic N) is 1. The predicted octanol–water partition coefficient (Wildman–Crippen LogP) is 2.80. The summed E-state index contributed by atoms with van der Waals surface area (Å²) in [5, 5.41) is 10.4. The van der Waals surface area contributed by atoms with Crippen molar-refractivity contribution in [3.8, 4) is 11.5 Å². The van der Waals surface area contributed by atoms with Crippen LogP contribution in [0.25, 0.3) is 0 Å². The van der Waals surface area contributed by atoms with Gasteiger partial charge in [-0.3, -0.25) is 9.69 Å². The highest BCUT2D eigenvalue weighted by molar-refractivity contribution is 5.89. The minimum Gasteiger partial charge on any atom is -0.504 e. The molecule has 0 aromatic heterocycles. The highest BCUT2D eigenvalue weighted by Gasteiger charge is 2.65. The molecule has 0 radical (unpaired) electrons. The Morgan fingerprint density at radius 1 is 1.28 bits per heavy atom. The first kappa shape index (κ1) is 14.6. The van der Waals surface area contributed by atoms with Crippen molar-refractivity contribution < 1.29 is 14.6 Å². The van der Waals surface area contributed by atoms with Crippen LogP contribution in [0, 0.1) is 11.8 Å². The Labute approximate surface area is 148 Å². The number of phenols is 1. The van der Waals surface area contributed by atoms with Gasteiger partial charge in [0.1, 0.15) is 0 Å². The molecule has 25 heavy (non-hydrogen) atoms. The molecule has 5 aliphatic rings. The van der Waals surface area contributed by atoms with Crippen LogP contribution >= 0.6 is 0 Å². The average Bonchev–Trinajstić information content (AvgIpc) is 2.92. The highest BCUT2D eigenvalue weighted by atomic mass is 16.5. The molecule has 132 valence electrons. The normalized spacial score (nSPS) is 38.9. The molecule has 2 heterocycles.